The van der Waals surface area contributed by atoms with Crippen LogP contribution in [0.25, 0.3) is 0 Å². The fourth-order valence-electron chi connectivity index (χ4n) is 3.72. The van der Waals surface area contributed by atoms with E-state index in [9.17, 15) is 18.4 Å². The number of methoxy groups -OCH3 is 1. The Morgan fingerprint density at radius 2 is 2.04 bits per heavy atom. The maximum Gasteiger partial charge on any atom is 0.321 e. The molecule has 1 aromatic carbocycles. The van der Waals surface area contributed by atoms with Crippen LogP contribution in [-0.2, 0) is 9.53 Å². The molecule has 1 N–H and O–H groups in total. The average Bonchev–Trinajstić information content (AvgIpc) is 2.88. The maximum atomic E-state index is 13.8. The Labute approximate surface area is 163 Å². The predicted molar refractivity (Wildman–Crippen MR) is 100 cm³/mol. The van der Waals surface area contributed by atoms with Gasteiger partial charge in [0, 0.05) is 52.4 Å². The van der Waals surface area contributed by atoms with Gasteiger partial charge in [0.05, 0.1) is 18.3 Å². The molecule has 2 aliphatic rings. The van der Waals surface area contributed by atoms with Crippen LogP contribution in [0.15, 0.2) is 18.2 Å². The van der Waals surface area contributed by atoms with Crippen LogP contribution in [0.2, 0.25) is 0 Å². The molecular weight excluding hydrogens is 370 g/mol. The summed E-state index contributed by atoms with van der Waals surface area (Å²) in [6.07, 6.45) is 1.50. The van der Waals surface area contributed by atoms with Crippen molar-refractivity contribution in [1.29, 1.82) is 0 Å². The van der Waals surface area contributed by atoms with E-state index in [0.29, 0.717) is 32.8 Å². The number of urea groups is 1. The van der Waals surface area contributed by atoms with Gasteiger partial charge in [-0.25, -0.2) is 13.6 Å². The van der Waals surface area contributed by atoms with Crippen LogP contribution >= 0.6 is 0 Å². The second-order valence-corrected chi connectivity index (χ2v) is 7.05. The topological polar surface area (TPSA) is 65.1 Å². The zero-order valence-electron chi connectivity index (χ0n) is 16.0. The second-order valence-electron chi connectivity index (χ2n) is 7.05. The van der Waals surface area contributed by atoms with Gasteiger partial charge in [0.15, 0.2) is 0 Å². The monoisotopic (exact) mass is 396 g/mol. The molecule has 28 heavy (non-hydrogen) atoms. The standard InChI is InChI=1S/C19H26F2N4O3/c1-28-12-11-24-8-5-17(18(24)26)23-6-2-7-25(10-9-23)19(27)22-16-4-3-14(20)13-15(16)21/h3-4,13,17H,2,5-12H2,1H3,(H,22,27). The molecule has 154 valence electrons. The summed E-state index contributed by atoms with van der Waals surface area (Å²) in [5, 5.41) is 2.50. The molecule has 7 nitrogen and oxygen atoms in total. The summed E-state index contributed by atoms with van der Waals surface area (Å²) in [7, 11) is 1.62. The number of benzene rings is 1. The number of nitrogens with one attached hydrogen (secondary N) is 1. The van der Waals surface area contributed by atoms with Crippen molar-refractivity contribution in [1.82, 2.24) is 14.7 Å². The Morgan fingerprint density at radius 3 is 2.79 bits per heavy atom. The third-order valence-corrected chi connectivity index (χ3v) is 5.27. The van der Waals surface area contributed by atoms with E-state index in [-0.39, 0.29) is 17.6 Å². The number of rotatable bonds is 5. The largest absolute Gasteiger partial charge is 0.383 e. The van der Waals surface area contributed by atoms with Crippen molar-refractivity contribution in [2.75, 3.05) is 58.3 Å². The number of amides is 3. The van der Waals surface area contributed by atoms with Crippen molar-refractivity contribution < 1.29 is 23.1 Å². The lowest BCUT2D eigenvalue weighted by Crippen LogP contribution is -2.44. The molecule has 9 heteroatoms. The van der Waals surface area contributed by atoms with Crippen LogP contribution in [0.1, 0.15) is 12.8 Å². The third kappa shape index (κ3) is 4.77. The van der Waals surface area contributed by atoms with E-state index in [1.807, 2.05) is 4.90 Å². The molecular formula is C19H26F2N4O3. The summed E-state index contributed by atoms with van der Waals surface area (Å²) >= 11 is 0. The minimum atomic E-state index is -0.808. The molecule has 2 heterocycles. The number of halogens is 2. The highest BCUT2D eigenvalue weighted by Gasteiger charge is 2.36. The Balaban J connectivity index is 1.54. The van der Waals surface area contributed by atoms with E-state index >= 15 is 0 Å². The van der Waals surface area contributed by atoms with Gasteiger partial charge in [-0.3, -0.25) is 9.69 Å². The van der Waals surface area contributed by atoms with Crippen LogP contribution < -0.4 is 5.32 Å². The first kappa shape index (κ1) is 20.5. The number of anilines is 1. The summed E-state index contributed by atoms with van der Waals surface area (Å²) in [5.74, 6) is -1.39. The van der Waals surface area contributed by atoms with Gasteiger partial charge < -0.3 is 19.9 Å². The van der Waals surface area contributed by atoms with Crippen LogP contribution in [0, 0.1) is 11.6 Å². The second kappa shape index (κ2) is 9.29. The fraction of sp³-hybridized carbons (Fsp3) is 0.579. The van der Waals surface area contributed by atoms with Gasteiger partial charge in [0.1, 0.15) is 11.6 Å². The molecule has 1 unspecified atom stereocenters. The van der Waals surface area contributed by atoms with E-state index in [1.54, 1.807) is 12.0 Å². The van der Waals surface area contributed by atoms with Gasteiger partial charge in [-0.1, -0.05) is 0 Å². The fourth-order valence-corrected chi connectivity index (χ4v) is 3.72. The molecule has 2 saturated heterocycles. The first-order valence-corrected chi connectivity index (χ1v) is 9.52. The number of carbonyl (C=O) groups excluding carboxylic acids is 2. The number of ether oxygens (including phenoxy) is 1. The maximum absolute atomic E-state index is 13.8. The number of carbonyl (C=O) groups is 2. The summed E-state index contributed by atoms with van der Waals surface area (Å²) in [5.41, 5.74) is -0.0488. The first-order chi connectivity index (χ1) is 13.5. The van der Waals surface area contributed by atoms with Crippen molar-refractivity contribution in [3.63, 3.8) is 0 Å². The highest BCUT2D eigenvalue weighted by molar-refractivity contribution is 5.89. The third-order valence-electron chi connectivity index (χ3n) is 5.27. The van der Waals surface area contributed by atoms with Gasteiger partial charge in [-0.15, -0.1) is 0 Å². The van der Waals surface area contributed by atoms with Crippen molar-refractivity contribution in [3.05, 3.63) is 29.8 Å². The molecule has 2 fully saturated rings. The van der Waals surface area contributed by atoms with Gasteiger partial charge in [-0.05, 0) is 25.0 Å². The number of hydrogen-bond donors (Lipinski definition) is 1. The zero-order valence-corrected chi connectivity index (χ0v) is 16.0. The Hall–Kier alpha value is -2.26. The van der Waals surface area contributed by atoms with E-state index in [1.165, 1.54) is 6.07 Å². The van der Waals surface area contributed by atoms with E-state index < -0.39 is 17.7 Å². The average molecular weight is 396 g/mol. The molecule has 2 aliphatic heterocycles. The van der Waals surface area contributed by atoms with Gasteiger partial charge >= 0.3 is 6.03 Å². The first-order valence-electron chi connectivity index (χ1n) is 9.52. The highest BCUT2D eigenvalue weighted by Crippen LogP contribution is 2.20. The molecule has 3 rings (SSSR count). The number of likely N-dealkylation sites (tertiary alicyclic amines) is 1. The normalized spacial score (nSPS) is 21.1. The quantitative estimate of drug-likeness (QED) is 0.824. The molecule has 0 aromatic heterocycles. The molecule has 0 spiro atoms. The van der Waals surface area contributed by atoms with Gasteiger partial charge in [0.25, 0.3) is 0 Å². The zero-order chi connectivity index (χ0) is 20.1. The minimum Gasteiger partial charge on any atom is -0.383 e. The summed E-state index contributed by atoms with van der Waals surface area (Å²) in [4.78, 5) is 30.6. The van der Waals surface area contributed by atoms with Crippen molar-refractivity contribution >= 4 is 17.6 Å². The Bertz CT molecular complexity index is 718. The smallest absolute Gasteiger partial charge is 0.321 e. The van der Waals surface area contributed by atoms with Crippen LogP contribution in [0.4, 0.5) is 19.3 Å². The molecule has 0 saturated carbocycles. The van der Waals surface area contributed by atoms with Gasteiger partial charge in [-0.2, -0.15) is 0 Å². The lowest BCUT2D eigenvalue weighted by molar-refractivity contribution is -0.132. The summed E-state index contributed by atoms with van der Waals surface area (Å²) in [6, 6.07) is 2.46. The number of hydrogen-bond acceptors (Lipinski definition) is 4. The Morgan fingerprint density at radius 1 is 1.21 bits per heavy atom. The summed E-state index contributed by atoms with van der Waals surface area (Å²) < 4.78 is 31.8. The minimum absolute atomic E-state index is 0.0488. The van der Waals surface area contributed by atoms with E-state index in [2.05, 4.69) is 10.2 Å². The lowest BCUT2D eigenvalue weighted by Gasteiger charge is -2.26. The SMILES string of the molecule is COCCN1CCC(N2CCCN(C(=O)Nc3ccc(F)cc3F)CC2)C1=O. The molecule has 1 atom stereocenters. The molecule has 1 aromatic rings. The molecule has 3 amide bonds. The Kier molecular flexibility index (Phi) is 6.79. The highest BCUT2D eigenvalue weighted by atomic mass is 19.1. The van der Waals surface area contributed by atoms with Crippen LogP contribution in [-0.4, -0.2) is 85.7 Å². The predicted octanol–water partition coefficient (Wildman–Crippen LogP) is 1.75. The van der Waals surface area contributed by atoms with Crippen molar-refractivity contribution in [3.8, 4) is 0 Å². The van der Waals surface area contributed by atoms with Crippen molar-refractivity contribution in [2.45, 2.75) is 18.9 Å². The molecule has 0 aliphatic carbocycles. The molecule has 0 bridgehead atoms. The van der Waals surface area contributed by atoms with Crippen LogP contribution in [0.5, 0.6) is 0 Å². The number of nitrogens with zero attached hydrogens (tertiary/aromatic N) is 3. The molecule has 0 radical (unpaired) electrons. The van der Waals surface area contributed by atoms with E-state index in [4.69, 9.17) is 4.74 Å². The van der Waals surface area contributed by atoms with Crippen molar-refractivity contribution in [2.24, 2.45) is 0 Å². The lowest BCUT2D eigenvalue weighted by atomic mass is 10.2. The van der Waals surface area contributed by atoms with E-state index in [0.717, 1.165) is 38.1 Å². The van der Waals surface area contributed by atoms with Crippen LogP contribution in [0.3, 0.4) is 0 Å². The van der Waals surface area contributed by atoms with Gasteiger partial charge in [0.2, 0.25) is 5.91 Å². The summed E-state index contributed by atoms with van der Waals surface area (Å²) in [6.45, 7) is 4.09.